The van der Waals surface area contributed by atoms with Gasteiger partial charge in [-0.25, -0.2) is 8.42 Å². The molecule has 0 aliphatic heterocycles. The Labute approximate surface area is 103 Å². The minimum absolute atomic E-state index is 0.203. The summed E-state index contributed by atoms with van der Waals surface area (Å²) < 4.78 is 23.8. The Balaban J connectivity index is 2.60. The van der Waals surface area contributed by atoms with E-state index in [2.05, 4.69) is 0 Å². The molecule has 0 aliphatic carbocycles. The summed E-state index contributed by atoms with van der Waals surface area (Å²) in [7, 11) is -3.12. The van der Waals surface area contributed by atoms with Gasteiger partial charge in [0.2, 0.25) is 0 Å². The molecular formula is C12H17ClO2S. The average Bonchev–Trinajstić information content (AvgIpc) is 2.28. The number of alkyl halides is 1. The average molecular weight is 261 g/mol. The van der Waals surface area contributed by atoms with Crippen LogP contribution >= 0.6 is 11.6 Å². The van der Waals surface area contributed by atoms with Gasteiger partial charge in [-0.2, -0.15) is 0 Å². The van der Waals surface area contributed by atoms with Crippen LogP contribution in [-0.2, 0) is 9.84 Å². The molecule has 0 heterocycles. The summed E-state index contributed by atoms with van der Waals surface area (Å²) in [5.74, 6) is 1.15. The van der Waals surface area contributed by atoms with Gasteiger partial charge >= 0.3 is 0 Å². The lowest BCUT2D eigenvalue weighted by Crippen LogP contribution is -2.10. The topological polar surface area (TPSA) is 34.1 Å². The lowest BCUT2D eigenvalue weighted by Gasteiger charge is -2.09. The molecule has 0 saturated carbocycles. The van der Waals surface area contributed by atoms with Crippen LogP contribution in [0.2, 0.25) is 0 Å². The third-order valence-electron chi connectivity index (χ3n) is 2.58. The van der Waals surface area contributed by atoms with Crippen molar-refractivity contribution in [2.75, 3.05) is 11.6 Å². The second-order valence-electron chi connectivity index (χ2n) is 4.00. The molecule has 0 bridgehead atoms. The highest BCUT2D eigenvalue weighted by Crippen LogP contribution is 2.15. The predicted molar refractivity (Wildman–Crippen MR) is 67.6 cm³/mol. The monoisotopic (exact) mass is 260 g/mol. The van der Waals surface area contributed by atoms with Crippen LogP contribution in [-0.4, -0.2) is 20.1 Å². The molecule has 2 nitrogen and oxygen atoms in total. The lowest BCUT2D eigenvalue weighted by atomic mass is 10.1. The van der Waals surface area contributed by atoms with Gasteiger partial charge in [-0.1, -0.05) is 25.1 Å². The molecule has 0 fully saturated rings. The van der Waals surface area contributed by atoms with Crippen molar-refractivity contribution in [1.29, 1.82) is 0 Å². The number of rotatable bonds is 6. The van der Waals surface area contributed by atoms with Gasteiger partial charge in [-0.3, -0.25) is 0 Å². The number of sulfone groups is 1. The Morgan fingerprint density at radius 3 is 2.38 bits per heavy atom. The van der Waals surface area contributed by atoms with Crippen LogP contribution in [0.25, 0.3) is 0 Å². The predicted octanol–water partition coefficient (Wildman–Crippen LogP) is 3.12. The van der Waals surface area contributed by atoms with Crippen LogP contribution in [0.1, 0.15) is 19.8 Å². The van der Waals surface area contributed by atoms with Crippen LogP contribution < -0.4 is 0 Å². The first-order chi connectivity index (χ1) is 7.56. The normalized spacial score (nSPS) is 13.6. The van der Waals surface area contributed by atoms with Crippen molar-refractivity contribution in [1.82, 2.24) is 0 Å². The maximum Gasteiger partial charge on any atom is 0.178 e. The molecule has 0 N–H and O–H groups in total. The molecule has 0 amide bonds. The molecule has 0 aliphatic rings. The zero-order chi connectivity index (χ0) is 12.0. The van der Waals surface area contributed by atoms with Crippen molar-refractivity contribution in [2.24, 2.45) is 5.92 Å². The van der Waals surface area contributed by atoms with Crippen molar-refractivity contribution in [3.8, 4) is 0 Å². The van der Waals surface area contributed by atoms with E-state index in [4.69, 9.17) is 11.6 Å². The molecule has 1 aromatic carbocycles. The van der Waals surface area contributed by atoms with E-state index >= 15 is 0 Å². The van der Waals surface area contributed by atoms with Gasteiger partial charge in [0.25, 0.3) is 0 Å². The molecule has 1 atom stereocenters. The van der Waals surface area contributed by atoms with Crippen molar-refractivity contribution >= 4 is 21.4 Å². The Morgan fingerprint density at radius 2 is 1.81 bits per heavy atom. The van der Waals surface area contributed by atoms with Crippen LogP contribution in [0.5, 0.6) is 0 Å². The van der Waals surface area contributed by atoms with E-state index in [0.717, 1.165) is 6.42 Å². The van der Waals surface area contributed by atoms with Crippen molar-refractivity contribution in [3.05, 3.63) is 30.3 Å². The van der Waals surface area contributed by atoms with Gasteiger partial charge in [-0.05, 0) is 30.9 Å². The molecule has 4 heteroatoms. The second-order valence-corrected chi connectivity index (χ2v) is 6.49. The number of hydrogen-bond donors (Lipinski definition) is 0. The Kier molecular flexibility index (Phi) is 5.29. The van der Waals surface area contributed by atoms with E-state index in [0.29, 0.717) is 23.1 Å². The number of halogens is 1. The molecular weight excluding hydrogens is 244 g/mol. The summed E-state index contributed by atoms with van der Waals surface area (Å²) in [6.07, 6.45) is 1.54. The lowest BCUT2D eigenvalue weighted by molar-refractivity contribution is 0.534. The molecule has 16 heavy (non-hydrogen) atoms. The highest BCUT2D eigenvalue weighted by atomic mass is 35.5. The highest BCUT2D eigenvalue weighted by molar-refractivity contribution is 7.91. The van der Waals surface area contributed by atoms with Crippen LogP contribution in [0.4, 0.5) is 0 Å². The van der Waals surface area contributed by atoms with Gasteiger partial charge in [0, 0.05) is 5.88 Å². The second kappa shape index (κ2) is 6.26. The first-order valence-corrected chi connectivity index (χ1v) is 7.58. The number of hydrogen-bond acceptors (Lipinski definition) is 2. The van der Waals surface area contributed by atoms with Crippen molar-refractivity contribution < 1.29 is 8.42 Å². The van der Waals surface area contributed by atoms with E-state index in [1.54, 1.807) is 24.3 Å². The minimum atomic E-state index is -3.12. The van der Waals surface area contributed by atoms with Crippen molar-refractivity contribution in [3.63, 3.8) is 0 Å². The van der Waals surface area contributed by atoms with Crippen LogP contribution in [0.3, 0.4) is 0 Å². The molecule has 1 rings (SSSR count). The molecule has 0 saturated heterocycles. The Hall–Kier alpha value is -0.540. The maximum atomic E-state index is 11.9. The fourth-order valence-corrected chi connectivity index (χ4v) is 3.33. The number of benzene rings is 1. The fourth-order valence-electron chi connectivity index (χ4n) is 1.43. The Bertz CT molecular complexity index is 400. The quantitative estimate of drug-likeness (QED) is 0.737. The van der Waals surface area contributed by atoms with Crippen molar-refractivity contribution in [2.45, 2.75) is 24.7 Å². The van der Waals surface area contributed by atoms with E-state index < -0.39 is 9.84 Å². The Morgan fingerprint density at radius 1 is 1.19 bits per heavy atom. The zero-order valence-corrected chi connectivity index (χ0v) is 11.0. The zero-order valence-electron chi connectivity index (χ0n) is 9.40. The maximum absolute atomic E-state index is 11.9. The van der Waals surface area contributed by atoms with Crippen LogP contribution in [0, 0.1) is 5.92 Å². The summed E-state index contributed by atoms with van der Waals surface area (Å²) in [6.45, 7) is 2.03. The van der Waals surface area contributed by atoms with E-state index in [1.165, 1.54) is 0 Å². The molecule has 0 radical (unpaired) electrons. The molecule has 1 unspecified atom stereocenters. The largest absolute Gasteiger partial charge is 0.224 e. The molecule has 90 valence electrons. The third-order valence-corrected chi connectivity index (χ3v) is 4.57. The molecule has 0 aromatic heterocycles. The standard InChI is InChI=1S/C12H17ClO2S/c1-11(7-9-13)8-10-16(14,15)12-5-3-2-4-6-12/h2-6,11H,7-10H2,1H3. The summed E-state index contributed by atoms with van der Waals surface area (Å²) in [4.78, 5) is 0.410. The van der Waals surface area contributed by atoms with Gasteiger partial charge in [-0.15, -0.1) is 11.6 Å². The van der Waals surface area contributed by atoms with E-state index in [9.17, 15) is 8.42 Å². The third kappa shape index (κ3) is 4.14. The smallest absolute Gasteiger partial charge is 0.178 e. The fraction of sp³-hybridized carbons (Fsp3) is 0.500. The first kappa shape index (κ1) is 13.5. The minimum Gasteiger partial charge on any atom is -0.224 e. The van der Waals surface area contributed by atoms with Crippen LogP contribution in [0.15, 0.2) is 35.2 Å². The SMILES string of the molecule is CC(CCCl)CCS(=O)(=O)c1ccccc1. The first-order valence-electron chi connectivity index (χ1n) is 5.40. The van der Waals surface area contributed by atoms with Gasteiger partial charge in [0.1, 0.15) is 0 Å². The van der Waals surface area contributed by atoms with Gasteiger partial charge < -0.3 is 0 Å². The van der Waals surface area contributed by atoms with E-state index in [1.807, 2.05) is 13.0 Å². The summed E-state index contributed by atoms with van der Waals surface area (Å²) in [5.41, 5.74) is 0. The highest BCUT2D eigenvalue weighted by Gasteiger charge is 2.15. The van der Waals surface area contributed by atoms with Gasteiger partial charge in [0.15, 0.2) is 9.84 Å². The molecule has 1 aromatic rings. The molecule has 0 spiro atoms. The van der Waals surface area contributed by atoms with Gasteiger partial charge in [0.05, 0.1) is 10.6 Å². The summed E-state index contributed by atoms with van der Waals surface area (Å²) in [6, 6.07) is 8.59. The summed E-state index contributed by atoms with van der Waals surface area (Å²) in [5, 5.41) is 0. The summed E-state index contributed by atoms with van der Waals surface area (Å²) >= 11 is 5.61. The van der Waals surface area contributed by atoms with E-state index in [-0.39, 0.29) is 5.75 Å².